The van der Waals surface area contributed by atoms with Crippen molar-refractivity contribution >= 4 is 0 Å². The molecule has 2 aromatic rings. The van der Waals surface area contributed by atoms with E-state index in [1.165, 1.54) is 11.3 Å². The Hall–Kier alpha value is -1.68. The molecule has 3 nitrogen and oxygen atoms in total. The fourth-order valence-corrected chi connectivity index (χ4v) is 2.84. The zero-order chi connectivity index (χ0) is 15.6. The first-order valence-corrected chi connectivity index (χ1v) is 7.42. The van der Waals surface area contributed by atoms with E-state index in [1.54, 1.807) is 12.1 Å². The molecular formula is C17H24FN3. The molecule has 0 amide bonds. The molecule has 1 aromatic carbocycles. The fraction of sp³-hybridized carbons (Fsp3) is 0.471. The summed E-state index contributed by atoms with van der Waals surface area (Å²) in [6.45, 7) is 8.95. The summed E-state index contributed by atoms with van der Waals surface area (Å²) >= 11 is 0. The van der Waals surface area contributed by atoms with Crippen molar-refractivity contribution in [1.82, 2.24) is 15.1 Å². The normalized spacial score (nSPS) is 12.7. The molecule has 0 saturated carbocycles. The molecule has 1 unspecified atom stereocenters. The Morgan fingerprint density at radius 3 is 2.48 bits per heavy atom. The second-order valence-corrected chi connectivity index (χ2v) is 5.65. The van der Waals surface area contributed by atoms with Gasteiger partial charge in [0.25, 0.3) is 0 Å². The molecule has 114 valence electrons. The number of nitrogens with one attached hydrogen (secondary N) is 1. The first-order valence-electron chi connectivity index (χ1n) is 7.42. The molecule has 1 aromatic heterocycles. The van der Waals surface area contributed by atoms with Crippen LogP contribution in [0.4, 0.5) is 4.39 Å². The van der Waals surface area contributed by atoms with Crippen LogP contribution in [0.25, 0.3) is 0 Å². The maximum absolute atomic E-state index is 13.7. The first kappa shape index (κ1) is 15.7. The fourth-order valence-electron chi connectivity index (χ4n) is 2.84. The Bertz CT molecular complexity index is 611. The summed E-state index contributed by atoms with van der Waals surface area (Å²) < 4.78 is 15.6. The van der Waals surface area contributed by atoms with E-state index in [0.717, 1.165) is 29.8 Å². The lowest BCUT2D eigenvalue weighted by atomic mass is 9.96. The van der Waals surface area contributed by atoms with Gasteiger partial charge in [-0.05, 0) is 62.6 Å². The molecule has 21 heavy (non-hydrogen) atoms. The molecule has 0 aliphatic rings. The highest BCUT2D eigenvalue weighted by Gasteiger charge is 2.17. The SMILES string of the molecule is CCNC(Cc1c(C)nn(C)c1C)c1cc(C)cc(F)c1. The average molecular weight is 289 g/mol. The van der Waals surface area contributed by atoms with Crippen molar-refractivity contribution in [1.29, 1.82) is 0 Å². The number of halogens is 1. The van der Waals surface area contributed by atoms with Crippen molar-refractivity contribution in [3.8, 4) is 0 Å². The van der Waals surface area contributed by atoms with E-state index in [9.17, 15) is 4.39 Å². The van der Waals surface area contributed by atoms with Gasteiger partial charge in [0.15, 0.2) is 0 Å². The van der Waals surface area contributed by atoms with Gasteiger partial charge in [0.1, 0.15) is 5.82 Å². The predicted molar refractivity (Wildman–Crippen MR) is 83.9 cm³/mol. The minimum atomic E-state index is -0.174. The van der Waals surface area contributed by atoms with Crippen molar-refractivity contribution in [3.63, 3.8) is 0 Å². The summed E-state index contributed by atoms with van der Waals surface area (Å²) in [5.74, 6) is -0.174. The van der Waals surface area contributed by atoms with E-state index < -0.39 is 0 Å². The second-order valence-electron chi connectivity index (χ2n) is 5.65. The van der Waals surface area contributed by atoms with Crippen LogP contribution in [-0.2, 0) is 13.5 Å². The third-order valence-electron chi connectivity index (χ3n) is 3.98. The van der Waals surface area contributed by atoms with Gasteiger partial charge in [-0.1, -0.05) is 13.0 Å². The van der Waals surface area contributed by atoms with Crippen LogP contribution in [0.3, 0.4) is 0 Å². The van der Waals surface area contributed by atoms with Crippen molar-refractivity contribution in [2.24, 2.45) is 7.05 Å². The summed E-state index contributed by atoms with van der Waals surface area (Å²) in [6.07, 6.45) is 0.822. The maximum atomic E-state index is 13.7. The van der Waals surface area contributed by atoms with Crippen LogP contribution in [0.2, 0.25) is 0 Å². The molecule has 0 saturated heterocycles. The van der Waals surface area contributed by atoms with E-state index in [2.05, 4.69) is 30.3 Å². The molecule has 0 aliphatic heterocycles. The van der Waals surface area contributed by atoms with Gasteiger partial charge >= 0.3 is 0 Å². The highest BCUT2D eigenvalue weighted by Crippen LogP contribution is 2.24. The van der Waals surface area contributed by atoms with E-state index in [0.29, 0.717) is 0 Å². The van der Waals surface area contributed by atoms with Gasteiger partial charge in [-0.3, -0.25) is 4.68 Å². The van der Waals surface area contributed by atoms with E-state index in [-0.39, 0.29) is 11.9 Å². The lowest BCUT2D eigenvalue weighted by Crippen LogP contribution is -2.23. The van der Waals surface area contributed by atoms with Crippen molar-refractivity contribution < 1.29 is 4.39 Å². The first-order chi connectivity index (χ1) is 9.92. The molecule has 1 heterocycles. The van der Waals surface area contributed by atoms with Crippen molar-refractivity contribution in [2.75, 3.05) is 6.54 Å². The molecule has 0 bridgehead atoms. The zero-order valence-corrected chi connectivity index (χ0v) is 13.5. The largest absolute Gasteiger partial charge is 0.310 e. The van der Waals surface area contributed by atoms with Crippen LogP contribution in [0.15, 0.2) is 18.2 Å². The number of nitrogens with zero attached hydrogens (tertiary/aromatic N) is 2. The molecule has 0 radical (unpaired) electrons. The maximum Gasteiger partial charge on any atom is 0.123 e. The minimum Gasteiger partial charge on any atom is -0.310 e. The molecule has 0 fully saturated rings. The Balaban J connectivity index is 2.35. The topological polar surface area (TPSA) is 29.9 Å². The Labute approximate surface area is 126 Å². The van der Waals surface area contributed by atoms with Gasteiger partial charge in [-0.25, -0.2) is 4.39 Å². The van der Waals surface area contributed by atoms with Crippen LogP contribution >= 0.6 is 0 Å². The third-order valence-corrected chi connectivity index (χ3v) is 3.98. The van der Waals surface area contributed by atoms with Gasteiger partial charge < -0.3 is 5.32 Å². The molecular weight excluding hydrogens is 265 g/mol. The van der Waals surface area contributed by atoms with Crippen molar-refractivity contribution in [2.45, 2.75) is 40.2 Å². The summed E-state index contributed by atoms with van der Waals surface area (Å²) in [5, 5.41) is 7.93. The molecule has 2 rings (SSSR count). The number of hydrogen-bond donors (Lipinski definition) is 1. The monoisotopic (exact) mass is 289 g/mol. The quantitative estimate of drug-likeness (QED) is 0.914. The smallest absolute Gasteiger partial charge is 0.123 e. The van der Waals surface area contributed by atoms with E-state index >= 15 is 0 Å². The summed E-state index contributed by atoms with van der Waals surface area (Å²) in [4.78, 5) is 0. The molecule has 4 heteroatoms. The summed E-state index contributed by atoms with van der Waals surface area (Å²) in [5.41, 5.74) is 5.41. The van der Waals surface area contributed by atoms with E-state index in [4.69, 9.17) is 0 Å². The van der Waals surface area contributed by atoms with Gasteiger partial charge in [-0.15, -0.1) is 0 Å². The highest BCUT2D eigenvalue weighted by molar-refractivity contribution is 5.31. The van der Waals surface area contributed by atoms with Crippen LogP contribution < -0.4 is 5.32 Å². The minimum absolute atomic E-state index is 0.103. The van der Waals surface area contributed by atoms with Crippen LogP contribution in [0.5, 0.6) is 0 Å². The van der Waals surface area contributed by atoms with Gasteiger partial charge in [0.05, 0.1) is 5.69 Å². The molecule has 1 N–H and O–H groups in total. The number of rotatable bonds is 5. The second kappa shape index (κ2) is 6.39. The number of benzene rings is 1. The number of hydrogen-bond acceptors (Lipinski definition) is 2. The highest BCUT2D eigenvalue weighted by atomic mass is 19.1. The van der Waals surface area contributed by atoms with E-state index in [1.807, 2.05) is 25.6 Å². The Morgan fingerprint density at radius 2 is 1.95 bits per heavy atom. The van der Waals surface area contributed by atoms with Crippen LogP contribution in [-0.4, -0.2) is 16.3 Å². The zero-order valence-electron chi connectivity index (χ0n) is 13.5. The summed E-state index contributed by atoms with van der Waals surface area (Å²) in [6, 6.07) is 5.34. The molecule has 0 spiro atoms. The van der Waals surface area contributed by atoms with Gasteiger partial charge in [-0.2, -0.15) is 5.10 Å². The number of aromatic nitrogens is 2. The van der Waals surface area contributed by atoms with Crippen LogP contribution in [0, 0.1) is 26.6 Å². The standard InChI is InChI=1S/C17H24FN3/c1-6-19-17(14-7-11(2)8-15(18)9-14)10-16-12(3)20-21(5)13(16)4/h7-9,17,19H,6,10H2,1-5H3. The Kier molecular flexibility index (Phi) is 4.78. The molecule has 1 atom stereocenters. The lowest BCUT2D eigenvalue weighted by molar-refractivity contribution is 0.540. The number of aryl methyl sites for hydroxylation is 3. The lowest BCUT2D eigenvalue weighted by Gasteiger charge is -2.19. The van der Waals surface area contributed by atoms with Crippen LogP contribution in [0.1, 0.15) is 41.0 Å². The predicted octanol–water partition coefficient (Wildman–Crippen LogP) is 3.38. The number of likely N-dealkylation sites (N-methyl/N-ethyl adjacent to an activating group) is 1. The average Bonchev–Trinajstić information content (AvgIpc) is 2.63. The summed E-state index contributed by atoms with van der Waals surface area (Å²) in [7, 11) is 1.96. The van der Waals surface area contributed by atoms with Gasteiger partial charge in [0.2, 0.25) is 0 Å². The van der Waals surface area contributed by atoms with Crippen molar-refractivity contribution in [3.05, 3.63) is 52.1 Å². The third kappa shape index (κ3) is 3.50. The molecule has 0 aliphatic carbocycles. The van der Waals surface area contributed by atoms with Gasteiger partial charge in [0, 0.05) is 18.8 Å². The Morgan fingerprint density at radius 1 is 1.24 bits per heavy atom.